The molecule has 0 N–H and O–H groups in total. The smallest absolute Gasteiger partial charge is 0.105 e. The first kappa shape index (κ1) is 14.3. The van der Waals surface area contributed by atoms with Crippen LogP contribution in [0.15, 0.2) is 0 Å². The van der Waals surface area contributed by atoms with Crippen molar-refractivity contribution in [2.45, 2.75) is 63.6 Å². The van der Waals surface area contributed by atoms with Gasteiger partial charge in [-0.3, -0.25) is 0 Å². The molecule has 0 radical (unpaired) electrons. The molecule has 0 saturated heterocycles. The summed E-state index contributed by atoms with van der Waals surface area (Å²) in [4.78, 5) is 0. The van der Waals surface area contributed by atoms with Gasteiger partial charge in [-0.1, -0.05) is 19.3 Å². The maximum Gasteiger partial charge on any atom is 0.105 e. The molecule has 3 heteroatoms. The second-order valence-electron chi connectivity index (χ2n) is 6.00. The number of hydrogen-bond acceptors (Lipinski definition) is 2. The third-order valence-electron chi connectivity index (χ3n) is 4.50. The maximum atomic E-state index is 13.7. The zero-order valence-electron chi connectivity index (χ0n) is 11.6. The topological polar surface area (TPSA) is 18.5 Å². The molecule has 0 aromatic heterocycles. The predicted molar refractivity (Wildman–Crippen MR) is 70.4 cm³/mol. The van der Waals surface area contributed by atoms with Crippen LogP contribution in [-0.2, 0) is 9.47 Å². The number of ether oxygens (including phenoxy) is 2. The molecule has 2 nitrogen and oxygen atoms in total. The molecule has 0 spiro atoms. The third-order valence-corrected chi connectivity index (χ3v) is 4.50. The van der Waals surface area contributed by atoms with Crippen LogP contribution in [0.2, 0.25) is 0 Å². The summed E-state index contributed by atoms with van der Waals surface area (Å²) in [7, 11) is 1.76. The van der Waals surface area contributed by atoms with Gasteiger partial charge in [0.15, 0.2) is 0 Å². The molecule has 18 heavy (non-hydrogen) atoms. The van der Waals surface area contributed by atoms with Gasteiger partial charge in [-0.05, 0) is 38.0 Å². The molecular weight excluding hydrogens is 231 g/mol. The van der Waals surface area contributed by atoms with Gasteiger partial charge in [0.25, 0.3) is 0 Å². The highest BCUT2D eigenvalue weighted by Crippen LogP contribution is 2.30. The lowest BCUT2D eigenvalue weighted by molar-refractivity contribution is -0.0348. The molecule has 2 rings (SSSR count). The predicted octanol–water partition coefficient (Wildman–Crippen LogP) is 3.74. The average Bonchev–Trinajstić information content (AvgIpc) is 2.39. The Hall–Kier alpha value is -0.150. The maximum absolute atomic E-state index is 13.7. The Bertz CT molecular complexity index is 233. The Morgan fingerprint density at radius 2 is 1.83 bits per heavy atom. The van der Waals surface area contributed by atoms with Crippen molar-refractivity contribution in [1.82, 2.24) is 0 Å². The van der Waals surface area contributed by atoms with Crippen LogP contribution in [0.1, 0.15) is 51.4 Å². The van der Waals surface area contributed by atoms with Crippen LogP contribution in [0.3, 0.4) is 0 Å². The highest BCUT2D eigenvalue weighted by Gasteiger charge is 2.27. The van der Waals surface area contributed by atoms with Crippen molar-refractivity contribution in [3.8, 4) is 0 Å². The van der Waals surface area contributed by atoms with Gasteiger partial charge in [-0.25, -0.2) is 4.39 Å². The zero-order chi connectivity index (χ0) is 12.8. The second-order valence-corrected chi connectivity index (χ2v) is 6.00. The number of rotatable bonds is 5. The Kier molecular flexibility index (Phi) is 5.90. The van der Waals surface area contributed by atoms with E-state index in [0.717, 1.165) is 38.7 Å². The molecule has 0 heterocycles. The van der Waals surface area contributed by atoms with Crippen LogP contribution < -0.4 is 0 Å². The highest BCUT2D eigenvalue weighted by atomic mass is 19.1. The summed E-state index contributed by atoms with van der Waals surface area (Å²) in [6.45, 7) is 1.47. The summed E-state index contributed by atoms with van der Waals surface area (Å²) in [5, 5.41) is 0. The van der Waals surface area contributed by atoms with E-state index in [-0.39, 0.29) is 5.92 Å². The quantitative estimate of drug-likeness (QED) is 0.748. The van der Waals surface area contributed by atoms with Gasteiger partial charge >= 0.3 is 0 Å². The van der Waals surface area contributed by atoms with E-state index >= 15 is 0 Å². The fourth-order valence-corrected chi connectivity index (χ4v) is 3.39. The SMILES string of the molecule is COCC1CCCC(OCC2CCCCC2F)C1. The number of halogens is 1. The van der Waals surface area contributed by atoms with Crippen molar-refractivity contribution in [2.24, 2.45) is 11.8 Å². The summed E-state index contributed by atoms with van der Waals surface area (Å²) in [6, 6.07) is 0. The largest absolute Gasteiger partial charge is 0.384 e. The molecule has 0 amide bonds. The fraction of sp³-hybridized carbons (Fsp3) is 1.00. The molecule has 2 aliphatic carbocycles. The van der Waals surface area contributed by atoms with Gasteiger partial charge in [0, 0.05) is 19.6 Å². The lowest BCUT2D eigenvalue weighted by Gasteiger charge is -2.32. The summed E-state index contributed by atoms with van der Waals surface area (Å²) < 4.78 is 24.9. The monoisotopic (exact) mass is 258 g/mol. The number of methoxy groups -OCH3 is 1. The summed E-state index contributed by atoms with van der Waals surface area (Å²) in [5.41, 5.74) is 0. The van der Waals surface area contributed by atoms with Gasteiger partial charge in [-0.2, -0.15) is 0 Å². The van der Waals surface area contributed by atoms with Crippen LogP contribution >= 0.6 is 0 Å². The highest BCUT2D eigenvalue weighted by molar-refractivity contribution is 4.77. The molecule has 2 fully saturated rings. The van der Waals surface area contributed by atoms with E-state index in [1.807, 2.05) is 0 Å². The van der Waals surface area contributed by atoms with Crippen LogP contribution in [0.25, 0.3) is 0 Å². The first-order chi connectivity index (χ1) is 8.79. The van der Waals surface area contributed by atoms with Crippen LogP contribution in [0.5, 0.6) is 0 Å². The van der Waals surface area contributed by atoms with E-state index in [1.54, 1.807) is 7.11 Å². The minimum absolute atomic E-state index is 0.154. The second kappa shape index (κ2) is 7.44. The van der Waals surface area contributed by atoms with Gasteiger partial charge in [0.05, 0.1) is 12.7 Å². The molecule has 2 aliphatic rings. The van der Waals surface area contributed by atoms with Crippen molar-refractivity contribution in [2.75, 3.05) is 20.3 Å². The van der Waals surface area contributed by atoms with Gasteiger partial charge in [-0.15, -0.1) is 0 Å². The number of hydrogen-bond donors (Lipinski definition) is 0. The average molecular weight is 258 g/mol. The van der Waals surface area contributed by atoms with Crippen molar-refractivity contribution >= 4 is 0 Å². The first-order valence-electron chi connectivity index (χ1n) is 7.54. The molecule has 106 valence electrons. The lowest BCUT2D eigenvalue weighted by Crippen LogP contribution is -2.30. The Morgan fingerprint density at radius 1 is 1.00 bits per heavy atom. The molecular formula is C15H27FO2. The van der Waals surface area contributed by atoms with Gasteiger partial charge in [0.2, 0.25) is 0 Å². The molecule has 0 aliphatic heterocycles. The van der Waals surface area contributed by atoms with Crippen molar-refractivity contribution in [3.63, 3.8) is 0 Å². The Morgan fingerprint density at radius 3 is 2.61 bits per heavy atom. The number of alkyl halides is 1. The molecule has 0 aromatic carbocycles. The molecule has 0 bridgehead atoms. The van der Waals surface area contributed by atoms with Crippen molar-refractivity contribution in [3.05, 3.63) is 0 Å². The molecule has 4 atom stereocenters. The molecule has 0 aromatic rings. The fourth-order valence-electron chi connectivity index (χ4n) is 3.39. The van der Waals surface area contributed by atoms with E-state index in [9.17, 15) is 4.39 Å². The van der Waals surface area contributed by atoms with Crippen molar-refractivity contribution < 1.29 is 13.9 Å². The van der Waals surface area contributed by atoms with Gasteiger partial charge < -0.3 is 9.47 Å². The van der Waals surface area contributed by atoms with E-state index in [4.69, 9.17) is 9.47 Å². The zero-order valence-corrected chi connectivity index (χ0v) is 11.6. The summed E-state index contributed by atoms with van der Waals surface area (Å²) in [5.74, 6) is 0.794. The van der Waals surface area contributed by atoms with E-state index in [2.05, 4.69) is 0 Å². The normalized spacial score (nSPS) is 37.7. The summed E-state index contributed by atoms with van der Waals surface area (Å²) in [6.07, 6.45) is 8.40. The van der Waals surface area contributed by atoms with Crippen LogP contribution in [0, 0.1) is 11.8 Å². The minimum atomic E-state index is -0.628. The third kappa shape index (κ3) is 4.20. The molecule has 4 unspecified atom stereocenters. The first-order valence-corrected chi connectivity index (χ1v) is 7.54. The van der Waals surface area contributed by atoms with Crippen LogP contribution in [0.4, 0.5) is 4.39 Å². The molecule has 2 saturated carbocycles. The Labute approximate surface area is 110 Å². The van der Waals surface area contributed by atoms with E-state index in [1.165, 1.54) is 19.3 Å². The van der Waals surface area contributed by atoms with Gasteiger partial charge in [0.1, 0.15) is 6.17 Å². The minimum Gasteiger partial charge on any atom is -0.384 e. The van der Waals surface area contributed by atoms with E-state index < -0.39 is 6.17 Å². The van der Waals surface area contributed by atoms with Crippen molar-refractivity contribution in [1.29, 1.82) is 0 Å². The van der Waals surface area contributed by atoms with Crippen LogP contribution in [-0.4, -0.2) is 32.6 Å². The van der Waals surface area contributed by atoms with E-state index in [0.29, 0.717) is 18.6 Å². The Balaban J connectivity index is 1.69. The summed E-state index contributed by atoms with van der Waals surface area (Å²) >= 11 is 0. The lowest BCUT2D eigenvalue weighted by atomic mass is 9.86. The standard InChI is InChI=1S/C15H27FO2/c1-17-10-12-5-4-7-14(9-12)18-11-13-6-2-3-8-15(13)16/h12-15H,2-11H2,1H3.